The summed E-state index contributed by atoms with van der Waals surface area (Å²) in [6.07, 6.45) is 6.58. The maximum atomic E-state index is 13.5. The highest BCUT2D eigenvalue weighted by molar-refractivity contribution is 5.87. The van der Waals surface area contributed by atoms with Crippen molar-refractivity contribution in [2.24, 2.45) is 5.92 Å². The van der Waals surface area contributed by atoms with E-state index >= 15 is 0 Å². The van der Waals surface area contributed by atoms with Crippen LogP contribution in [-0.2, 0) is 9.53 Å². The van der Waals surface area contributed by atoms with Gasteiger partial charge in [0.05, 0.1) is 19.3 Å². The van der Waals surface area contributed by atoms with Crippen LogP contribution in [0.4, 0.5) is 0 Å². The van der Waals surface area contributed by atoms with Crippen LogP contribution in [0.5, 0.6) is 0 Å². The lowest BCUT2D eigenvalue weighted by atomic mass is 9.72. The second-order valence-electron chi connectivity index (χ2n) is 11.0. The molecule has 2 aliphatic heterocycles. The molecule has 2 heterocycles. The summed E-state index contributed by atoms with van der Waals surface area (Å²) >= 11 is 0. The summed E-state index contributed by atoms with van der Waals surface area (Å²) in [5.41, 5.74) is -1.29. The fourth-order valence-corrected chi connectivity index (χ4v) is 5.42. The number of aliphatic hydroxyl groups is 2. The molecule has 6 nitrogen and oxygen atoms in total. The number of hydrogen-bond acceptors (Lipinski definition) is 5. The van der Waals surface area contributed by atoms with Crippen molar-refractivity contribution in [3.8, 4) is 0 Å². The fourth-order valence-electron chi connectivity index (χ4n) is 5.42. The molecule has 170 valence electrons. The van der Waals surface area contributed by atoms with Crippen LogP contribution >= 0.6 is 0 Å². The van der Waals surface area contributed by atoms with Gasteiger partial charge in [0.15, 0.2) is 5.60 Å². The van der Waals surface area contributed by atoms with Crippen molar-refractivity contribution < 1.29 is 19.7 Å². The van der Waals surface area contributed by atoms with Crippen molar-refractivity contribution in [3.63, 3.8) is 0 Å². The molecule has 0 bridgehead atoms. The van der Waals surface area contributed by atoms with Crippen molar-refractivity contribution in [3.05, 3.63) is 0 Å². The lowest BCUT2D eigenvalue weighted by Gasteiger charge is -2.49. The van der Waals surface area contributed by atoms with E-state index < -0.39 is 11.7 Å². The molecule has 0 saturated carbocycles. The summed E-state index contributed by atoms with van der Waals surface area (Å²) in [7, 11) is 0. The summed E-state index contributed by atoms with van der Waals surface area (Å²) in [5, 5.41) is 23.0. The average molecular weight is 413 g/mol. The monoisotopic (exact) mass is 412 g/mol. The highest BCUT2D eigenvalue weighted by Gasteiger charge is 2.59. The van der Waals surface area contributed by atoms with Crippen molar-refractivity contribution in [2.75, 3.05) is 13.2 Å². The van der Waals surface area contributed by atoms with E-state index in [0.717, 1.165) is 25.2 Å². The molecular formula is C23H44N2O4. The molecule has 0 aromatic rings. The van der Waals surface area contributed by atoms with Gasteiger partial charge in [-0.15, -0.1) is 0 Å². The molecule has 3 N–H and O–H groups in total. The van der Waals surface area contributed by atoms with Crippen LogP contribution in [0.2, 0.25) is 0 Å². The quantitative estimate of drug-likeness (QED) is 0.480. The van der Waals surface area contributed by atoms with Crippen molar-refractivity contribution in [1.29, 1.82) is 0 Å². The number of nitrogens with one attached hydrogen (secondary N) is 1. The Morgan fingerprint density at radius 1 is 1.10 bits per heavy atom. The van der Waals surface area contributed by atoms with Gasteiger partial charge in [-0.1, -0.05) is 39.5 Å². The number of aliphatic hydroxyl groups excluding tert-OH is 2. The standard InChI is InChI=1S/C23H44N2O4/c1-17(2)11-9-7-8-10-12-19-25(13-18(27)14-26)20(28)23(29-19)15-21(3,4)24-22(5,6)16-23/h17-19,24,26-27H,7-16H2,1-6H3. The Kier molecular flexibility index (Phi) is 8.16. The van der Waals surface area contributed by atoms with Gasteiger partial charge in [0.1, 0.15) is 6.23 Å². The lowest BCUT2D eigenvalue weighted by molar-refractivity contribution is -0.147. The number of hydrogen-bond donors (Lipinski definition) is 3. The first-order chi connectivity index (χ1) is 13.4. The van der Waals surface area contributed by atoms with Gasteiger partial charge in [0, 0.05) is 23.9 Å². The molecule has 1 amide bonds. The van der Waals surface area contributed by atoms with Crippen LogP contribution in [-0.4, -0.2) is 63.2 Å². The number of carbonyl (C=O) groups excluding carboxylic acids is 1. The fraction of sp³-hybridized carbons (Fsp3) is 0.957. The Labute approximate surface area is 177 Å². The first-order valence-corrected chi connectivity index (χ1v) is 11.5. The molecular weight excluding hydrogens is 368 g/mol. The Morgan fingerprint density at radius 2 is 1.69 bits per heavy atom. The molecule has 0 aromatic heterocycles. The summed E-state index contributed by atoms with van der Waals surface area (Å²) in [5.74, 6) is 0.713. The average Bonchev–Trinajstić information content (AvgIpc) is 2.79. The zero-order chi connectivity index (χ0) is 21.9. The molecule has 0 radical (unpaired) electrons. The number of nitrogens with zero attached hydrogens (tertiary/aromatic N) is 1. The minimum Gasteiger partial charge on any atom is -0.394 e. The van der Waals surface area contributed by atoms with Gasteiger partial charge in [-0.3, -0.25) is 4.79 Å². The lowest BCUT2D eigenvalue weighted by Crippen LogP contribution is -2.65. The molecule has 0 aliphatic carbocycles. The predicted molar refractivity (Wildman–Crippen MR) is 115 cm³/mol. The van der Waals surface area contributed by atoms with Crippen molar-refractivity contribution in [2.45, 2.75) is 122 Å². The van der Waals surface area contributed by atoms with E-state index in [1.807, 2.05) is 0 Å². The Morgan fingerprint density at radius 3 is 2.24 bits per heavy atom. The Hall–Kier alpha value is -0.690. The first-order valence-electron chi connectivity index (χ1n) is 11.5. The zero-order valence-electron chi connectivity index (χ0n) is 19.5. The summed E-state index contributed by atoms with van der Waals surface area (Å²) in [6.45, 7) is 12.7. The molecule has 2 aliphatic rings. The van der Waals surface area contributed by atoms with Gasteiger partial charge >= 0.3 is 0 Å². The van der Waals surface area contributed by atoms with Gasteiger partial charge in [-0.2, -0.15) is 0 Å². The molecule has 2 atom stereocenters. The summed E-state index contributed by atoms with van der Waals surface area (Å²) in [4.78, 5) is 15.2. The number of β-amino-alcohol motifs (C(OH)–C–C–N with tert-alkyl or cyclic N) is 1. The van der Waals surface area contributed by atoms with Crippen LogP contribution in [0.1, 0.15) is 92.9 Å². The molecule has 2 saturated heterocycles. The van der Waals surface area contributed by atoms with Crippen LogP contribution in [0.15, 0.2) is 0 Å². The smallest absolute Gasteiger partial charge is 0.257 e. The predicted octanol–water partition coefficient (Wildman–Crippen LogP) is 3.20. The molecule has 2 rings (SSSR count). The maximum absolute atomic E-state index is 13.5. The highest BCUT2D eigenvalue weighted by atomic mass is 16.6. The summed E-state index contributed by atoms with van der Waals surface area (Å²) in [6, 6.07) is 0. The van der Waals surface area contributed by atoms with Gasteiger partial charge < -0.3 is 25.2 Å². The minimum absolute atomic E-state index is 0.0301. The zero-order valence-corrected chi connectivity index (χ0v) is 19.5. The maximum Gasteiger partial charge on any atom is 0.257 e. The highest BCUT2D eigenvalue weighted by Crippen LogP contribution is 2.45. The van der Waals surface area contributed by atoms with Gasteiger partial charge in [0.25, 0.3) is 5.91 Å². The van der Waals surface area contributed by atoms with Crippen LogP contribution in [0, 0.1) is 5.92 Å². The molecule has 0 aromatic carbocycles. The molecule has 29 heavy (non-hydrogen) atoms. The van der Waals surface area contributed by atoms with Crippen molar-refractivity contribution >= 4 is 5.91 Å². The van der Waals surface area contributed by atoms with E-state index in [1.165, 1.54) is 19.3 Å². The topological polar surface area (TPSA) is 82.0 Å². The third-order valence-electron chi connectivity index (χ3n) is 6.09. The number of piperidine rings is 1. The largest absolute Gasteiger partial charge is 0.394 e. The van der Waals surface area contributed by atoms with Crippen LogP contribution < -0.4 is 5.32 Å². The van der Waals surface area contributed by atoms with E-state index in [-0.39, 0.29) is 36.4 Å². The third-order valence-corrected chi connectivity index (χ3v) is 6.09. The first kappa shape index (κ1) is 24.6. The third kappa shape index (κ3) is 6.65. The number of amides is 1. The van der Waals surface area contributed by atoms with Gasteiger partial charge in [0.2, 0.25) is 0 Å². The second kappa shape index (κ2) is 9.63. The van der Waals surface area contributed by atoms with E-state index in [0.29, 0.717) is 12.8 Å². The van der Waals surface area contributed by atoms with Gasteiger partial charge in [-0.05, 0) is 46.5 Å². The summed E-state index contributed by atoms with van der Waals surface area (Å²) < 4.78 is 6.52. The van der Waals surface area contributed by atoms with Crippen molar-refractivity contribution in [1.82, 2.24) is 10.2 Å². The number of ether oxygens (including phenoxy) is 1. The normalized spacial score (nSPS) is 26.4. The Balaban J connectivity index is 2.07. The molecule has 6 heteroatoms. The van der Waals surface area contributed by atoms with E-state index in [2.05, 4.69) is 46.9 Å². The number of rotatable bonds is 10. The van der Waals surface area contributed by atoms with E-state index in [4.69, 9.17) is 4.74 Å². The molecule has 2 fully saturated rings. The number of unbranched alkanes of at least 4 members (excludes halogenated alkanes) is 3. The minimum atomic E-state index is -0.936. The molecule has 1 spiro atoms. The molecule has 2 unspecified atom stereocenters. The Bertz CT molecular complexity index is 531. The van der Waals surface area contributed by atoms with Gasteiger partial charge in [-0.25, -0.2) is 0 Å². The van der Waals surface area contributed by atoms with Crippen LogP contribution in [0.3, 0.4) is 0 Å². The second-order valence-corrected chi connectivity index (χ2v) is 11.0. The van der Waals surface area contributed by atoms with Crippen LogP contribution in [0.25, 0.3) is 0 Å². The SMILES string of the molecule is CC(C)CCCCCCC1OC2(CC(C)(C)NC(C)(C)C2)C(=O)N1CC(O)CO. The number of carbonyl (C=O) groups is 1. The van der Waals surface area contributed by atoms with E-state index in [1.54, 1.807) is 4.90 Å². The van der Waals surface area contributed by atoms with E-state index in [9.17, 15) is 15.0 Å².